The van der Waals surface area contributed by atoms with E-state index in [2.05, 4.69) is 64.7 Å². The third-order valence-corrected chi connectivity index (χ3v) is 12.3. The predicted molar refractivity (Wildman–Crippen MR) is 278 cm³/mol. The van der Waals surface area contributed by atoms with E-state index in [4.69, 9.17) is 33.8 Å². The zero-order valence-corrected chi connectivity index (χ0v) is 42.6. The van der Waals surface area contributed by atoms with Gasteiger partial charge in [0, 0.05) is 68.6 Å². The molecule has 77 heavy (non-hydrogen) atoms. The second kappa shape index (κ2) is 30.2. The summed E-state index contributed by atoms with van der Waals surface area (Å²) in [5.74, 6) is -12.7. The standard InChI is InChI=1S/C49H70F3N17O8/c1-25(54)32-10-5-17-59-40(71)14-13-36(66-42(72)34(63-26(2)70)11-6-18-60-48(55)56)44(74)67-37(15-16-53)45(75)68-38(22-27-20-30(50)41(52)31(51)21-27)46(76)65-35(12-7-19-61-49(57)58)43(73)69-39(47(77)64-32)23-28-24-62-33-9-4-3-8-29(28)33/h3-4,8-9,20-21,24,32,34-39,62H,1,5-7,10-19,22-23,53-54H2,2H3,(H,59,71)(H,63,70)(H,64,77)(H,65,76)(H,66,72)(H,67,74)(H,68,75)(H,69,73)(H4,55,56,60)(H4,57,58,61)/t32?,34-,35-,36-,37-,38+,39-/m0/s1. The van der Waals surface area contributed by atoms with Gasteiger partial charge >= 0.3 is 0 Å². The molecule has 1 saturated heterocycles. The van der Waals surface area contributed by atoms with Crippen LogP contribution in [0, 0.1) is 28.3 Å². The number of fused-ring (bicyclic) bond motifs is 1. The van der Waals surface area contributed by atoms with Gasteiger partial charge in [0.2, 0.25) is 47.3 Å². The van der Waals surface area contributed by atoms with Gasteiger partial charge in [-0.15, -0.1) is 0 Å². The highest BCUT2D eigenvalue weighted by Gasteiger charge is 2.35. The highest BCUT2D eigenvalue weighted by atomic mass is 19.2. The van der Waals surface area contributed by atoms with Crippen LogP contribution in [0.4, 0.5) is 13.2 Å². The predicted octanol–water partition coefficient (Wildman–Crippen LogP) is -2.18. The molecule has 1 aromatic heterocycles. The van der Waals surface area contributed by atoms with Gasteiger partial charge in [-0.2, -0.15) is 0 Å². The van der Waals surface area contributed by atoms with E-state index in [9.17, 15) is 51.5 Å². The Kier molecular flexibility index (Phi) is 24.0. The maximum absolute atomic E-state index is 14.7. The third-order valence-electron chi connectivity index (χ3n) is 12.3. The largest absolute Gasteiger partial charge is 0.401 e. The molecule has 25 nitrogen and oxygen atoms in total. The number of guanidine groups is 2. The van der Waals surface area contributed by atoms with Gasteiger partial charge in [0.15, 0.2) is 29.4 Å². The van der Waals surface area contributed by atoms with Crippen LogP contribution in [0.2, 0.25) is 0 Å². The van der Waals surface area contributed by atoms with E-state index in [1.807, 2.05) is 6.07 Å². The second-order valence-electron chi connectivity index (χ2n) is 18.4. The quantitative estimate of drug-likeness (QED) is 0.0279. The van der Waals surface area contributed by atoms with Crippen molar-refractivity contribution in [1.82, 2.24) is 58.2 Å². The molecular formula is C49H70F3N17O8. The van der Waals surface area contributed by atoms with Crippen molar-refractivity contribution in [2.24, 2.45) is 22.9 Å². The van der Waals surface area contributed by atoms with Crippen molar-refractivity contribution >= 4 is 70.1 Å². The average Bonchev–Trinajstić information content (AvgIpc) is 3.77. The van der Waals surface area contributed by atoms with E-state index in [1.165, 1.54) is 0 Å². The van der Waals surface area contributed by atoms with Gasteiger partial charge in [-0.3, -0.25) is 49.2 Å². The number of aromatic amines is 1. The fourth-order valence-corrected chi connectivity index (χ4v) is 8.33. The molecule has 21 N–H and O–H groups in total. The summed E-state index contributed by atoms with van der Waals surface area (Å²) in [4.78, 5) is 114. The molecule has 28 heteroatoms. The van der Waals surface area contributed by atoms with Crippen LogP contribution >= 0.6 is 0 Å². The zero-order chi connectivity index (χ0) is 56.8. The van der Waals surface area contributed by atoms with Crippen molar-refractivity contribution in [3.63, 3.8) is 0 Å². The Morgan fingerprint density at radius 3 is 1.96 bits per heavy atom. The molecule has 0 aliphatic carbocycles. The molecule has 7 atom stereocenters. The third kappa shape index (κ3) is 20.0. The van der Waals surface area contributed by atoms with E-state index in [0.717, 1.165) is 17.8 Å². The van der Waals surface area contributed by atoms with Crippen LogP contribution in [0.15, 0.2) is 54.9 Å². The minimum absolute atomic E-state index is 0.00324. The van der Waals surface area contributed by atoms with Crippen molar-refractivity contribution in [1.29, 1.82) is 10.8 Å². The number of benzene rings is 2. The number of halogens is 3. The fraction of sp³-hybridized carbons (Fsp3) is 0.469. The molecular weight excluding hydrogens is 1010 g/mol. The summed E-state index contributed by atoms with van der Waals surface area (Å²) in [6.07, 6.45) is 0.235. The number of carbonyl (C=O) groups excluding carboxylic acids is 8. The van der Waals surface area contributed by atoms with E-state index < -0.39 is 119 Å². The first-order valence-electron chi connectivity index (χ1n) is 24.9. The van der Waals surface area contributed by atoms with Gasteiger partial charge in [-0.1, -0.05) is 24.8 Å². The summed E-state index contributed by atoms with van der Waals surface area (Å²) in [6.45, 7) is 4.93. The maximum Gasteiger partial charge on any atom is 0.243 e. The molecule has 420 valence electrons. The summed E-state index contributed by atoms with van der Waals surface area (Å²) >= 11 is 0. The van der Waals surface area contributed by atoms with Crippen LogP contribution in [-0.4, -0.2) is 133 Å². The molecule has 1 fully saturated rings. The number of carbonyl (C=O) groups is 8. The molecule has 0 saturated carbocycles. The van der Waals surface area contributed by atoms with Crippen LogP contribution in [0.5, 0.6) is 0 Å². The van der Waals surface area contributed by atoms with Crippen LogP contribution < -0.4 is 76.1 Å². The summed E-state index contributed by atoms with van der Waals surface area (Å²) in [6, 6.07) is -1.64. The van der Waals surface area contributed by atoms with Crippen LogP contribution in [0.25, 0.3) is 10.9 Å². The lowest BCUT2D eigenvalue weighted by atomic mass is 10.0. The normalized spacial score (nSPS) is 20.9. The van der Waals surface area contributed by atoms with Gasteiger partial charge in [0.1, 0.15) is 36.3 Å². The molecule has 1 aliphatic heterocycles. The number of nitrogens with one attached hydrogen (secondary N) is 13. The SMILES string of the molecule is C=C(N)C1CCCNC(=O)CC[C@H](NC(=O)[C@H](CCCNC(=N)N)NC(C)=O)C(=O)N[C@@H](CCN)C(=O)N[C@H](Cc2cc(F)c(F)c(F)c2)C(=O)N[C@@H](CCCNC(=N)N)C(=O)N[C@@H](Cc2c[nH]c3ccccc23)C(=O)N1. The van der Waals surface area contributed by atoms with E-state index in [1.54, 1.807) is 24.4 Å². The molecule has 3 aromatic rings. The van der Waals surface area contributed by atoms with Crippen molar-refractivity contribution in [2.75, 3.05) is 26.2 Å². The number of para-hydroxylation sites is 1. The Bertz CT molecular complexity index is 2610. The number of nitrogens with two attached hydrogens (primary N) is 4. The van der Waals surface area contributed by atoms with Crippen molar-refractivity contribution in [2.45, 2.75) is 120 Å². The number of H-pyrrole nitrogens is 1. The number of rotatable bonds is 18. The minimum atomic E-state index is -1.84. The summed E-state index contributed by atoms with van der Waals surface area (Å²) in [5.41, 5.74) is 23.9. The molecule has 1 unspecified atom stereocenters. The lowest BCUT2D eigenvalue weighted by molar-refractivity contribution is -0.135. The smallest absolute Gasteiger partial charge is 0.243 e. The molecule has 2 aromatic carbocycles. The van der Waals surface area contributed by atoms with Crippen LogP contribution in [0.3, 0.4) is 0 Å². The highest BCUT2D eigenvalue weighted by Crippen LogP contribution is 2.20. The van der Waals surface area contributed by atoms with Crippen LogP contribution in [0.1, 0.15) is 75.8 Å². The Morgan fingerprint density at radius 1 is 0.766 bits per heavy atom. The lowest BCUT2D eigenvalue weighted by Gasteiger charge is -2.28. The molecule has 0 spiro atoms. The van der Waals surface area contributed by atoms with Gasteiger partial charge in [0.25, 0.3) is 0 Å². The Hall–Kier alpha value is -8.43. The van der Waals surface area contributed by atoms with Gasteiger partial charge in [0.05, 0.1) is 6.04 Å². The van der Waals surface area contributed by atoms with Gasteiger partial charge in [-0.25, -0.2) is 13.2 Å². The lowest BCUT2D eigenvalue weighted by Crippen LogP contribution is -2.60. The number of aromatic nitrogens is 1. The molecule has 8 amide bonds. The Morgan fingerprint density at radius 2 is 1.34 bits per heavy atom. The average molecular weight is 1080 g/mol. The monoisotopic (exact) mass is 1080 g/mol. The topological polar surface area (TPSA) is 424 Å². The number of amides is 8. The van der Waals surface area contributed by atoms with Crippen LogP contribution in [-0.2, 0) is 51.2 Å². The zero-order valence-electron chi connectivity index (χ0n) is 42.6. The minimum Gasteiger partial charge on any atom is -0.401 e. The fourth-order valence-electron chi connectivity index (χ4n) is 8.33. The molecule has 4 rings (SSSR count). The second-order valence-corrected chi connectivity index (χ2v) is 18.4. The first kappa shape index (κ1) is 61.1. The van der Waals surface area contributed by atoms with Gasteiger partial charge < -0.3 is 81.1 Å². The molecule has 0 radical (unpaired) electrons. The summed E-state index contributed by atoms with van der Waals surface area (Å²) in [7, 11) is 0. The maximum atomic E-state index is 14.7. The van der Waals surface area contributed by atoms with E-state index >= 15 is 0 Å². The van der Waals surface area contributed by atoms with Crippen molar-refractivity contribution in [3.8, 4) is 0 Å². The summed E-state index contributed by atoms with van der Waals surface area (Å²) < 4.78 is 43.5. The summed E-state index contributed by atoms with van der Waals surface area (Å²) in [5, 5.41) is 41.7. The molecule has 1 aliphatic rings. The highest BCUT2D eigenvalue weighted by molar-refractivity contribution is 5.97. The first-order chi connectivity index (χ1) is 36.6. The van der Waals surface area contributed by atoms with Gasteiger partial charge in [-0.05, 0) is 87.2 Å². The molecule has 2 heterocycles. The number of hydrogen-bond donors (Lipinski definition) is 17. The Balaban J connectivity index is 1.79. The molecule has 0 bridgehead atoms. The van der Waals surface area contributed by atoms with E-state index in [0.29, 0.717) is 17.7 Å². The Labute approximate surface area is 441 Å². The van der Waals surface area contributed by atoms with E-state index in [-0.39, 0.29) is 108 Å². The first-order valence-corrected chi connectivity index (χ1v) is 24.9. The number of hydrogen-bond acceptors (Lipinski definition) is 12. The van der Waals surface area contributed by atoms with Crippen molar-refractivity contribution in [3.05, 3.63) is 83.4 Å². The van der Waals surface area contributed by atoms with Crippen molar-refractivity contribution < 1.29 is 51.5 Å².